The molecule has 0 aliphatic heterocycles. The zero-order valence-electron chi connectivity index (χ0n) is 14.3. The number of hydrogen-bond acceptors (Lipinski definition) is 5. The van der Waals surface area contributed by atoms with Crippen molar-refractivity contribution in [3.05, 3.63) is 36.0 Å². The van der Waals surface area contributed by atoms with Gasteiger partial charge in [-0.3, -0.25) is 0 Å². The summed E-state index contributed by atoms with van der Waals surface area (Å²) in [5, 5.41) is 0. The highest BCUT2D eigenvalue weighted by Crippen LogP contribution is 2.40. The Morgan fingerprint density at radius 2 is 1.84 bits per heavy atom. The lowest BCUT2D eigenvalue weighted by Crippen LogP contribution is -2.20. The zero-order chi connectivity index (χ0) is 18.4. The van der Waals surface area contributed by atoms with Crippen molar-refractivity contribution in [1.29, 1.82) is 0 Å². The molecule has 0 amide bonds. The van der Waals surface area contributed by atoms with Gasteiger partial charge in [-0.1, -0.05) is 19.1 Å². The molecule has 1 aromatic carbocycles. The molecule has 0 spiro atoms. The average molecular weight is 355 g/mol. The summed E-state index contributed by atoms with van der Waals surface area (Å²) >= 11 is 0. The van der Waals surface area contributed by atoms with E-state index in [9.17, 15) is 13.2 Å². The number of anilines is 2. The standard InChI is InChI=1S/C17H20F3N3O2/c1-4-10-25-16-21-11-12(17(18,19)20)15(22-16)23(3)13-8-6-7-9-14(13)24-5-2/h6-9,11H,4-5,10H2,1-3H3. The summed E-state index contributed by atoms with van der Waals surface area (Å²) in [7, 11) is 1.50. The average Bonchev–Trinajstić information content (AvgIpc) is 2.59. The predicted molar refractivity (Wildman–Crippen MR) is 88.5 cm³/mol. The lowest BCUT2D eigenvalue weighted by atomic mass is 10.2. The molecule has 8 heteroatoms. The molecular formula is C17H20F3N3O2. The smallest absolute Gasteiger partial charge is 0.421 e. The maximum absolute atomic E-state index is 13.4. The van der Waals surface area contributed by atoms with Gasteiger partial charge in [-0.05, 0) is 25.5 Å². The van der Waals surface area contributed by atoms with Crippen molar-refractivity contribution in [3.8, 4) is 11.8 Å². The minimum Gasteiger partial charge on any atom is -0.492 e. The summed E-state index contributed by atoms with van der Waals surface area (Å²) in [6, 6.07) is 6.74. The Bertz CT molecular complexity index is 708. The van der Waals surface area contributed by atoms with Gasteiger partial charge < -0.3 is 14.4 Å². The second-order valence-electron chi connectivity index (χ2n) is 5.20. The van der Waals surface area contributed by atoms with Crippen LogP contribution in [0.4, 0.5) is 24.7 Å². The number of alkyl halides is 3. The Labute approximate surface area is 144 Å². The van der Waals surface area contributed by atoms with Crippen LogP contribution in [-0.4, -0.2) is 30.2 Å². The summed E-state index contributed by atoms with van der Waals surface area (Å²) in [5.41, 5.74) is -0.472. The molecule has 0 saturated heterocycles. The molecule has 25 heavy (non-hydrogen) atoms. The van der Waals surface area contributed by atoms with Crippen LogP contribution in [0.25, 0.3) is 0 Å². The molecule has 0 aliphatic rings. The maximum atomic E-state index is 13.4. The highest BCUT2D eigenvalue weighted by molar-refractivity contribution is 5.68. The van der Waals surface area contributed by atoms with E-state index < -0.39 is 11.7 Å². The van der Waals surface area contributed by atoms with Gasteiger partial charge in [-0.25, -0.2) is 4.98 Å². The van der Waals surface area contributed by atoms with E-state index in [0.717, 1.165) is 6.20 Å². The van der Waals surface area contributed by atoms with Crippen LogP contribution >= 0.6 is 0 Å². The molecule has 0 N–H and O–H groups in total. The molecular weight excluding hydrogens is 335 g/mol. The van der Waals surface area contributed by atoms with Gasteiger partial charge in [0.15, 0.2) is 5.82 Å². The van der Waals surface area contributed by atoms with Gasteiger partial charge in [-0.15, -0.1) is 0 Å². The normalized spacial score (nSPS) is 11.3. The molecule has 0 fully saturated rings. The van der Waals surface area contributed by atoms with Gasteiger partial charge in [0, 0.05) is 13.2 Å². The molecule has 0 radical (unpaired) electrons. The molecule has 0 unspecified atom stereocenters. The highest BCUT2D eigenvalue weighted by Gasteiger charge is 2.37. The SMILES string of the molecule is CCCOc1ncc(C(F)(F)F)c(N(C)c2ccccc2OCC)n1. The first-order chi connectivity index (χ1) is 11.9. The largest absolute Gasteiger partial charge is 0.492 e. The van der Waals surface area contributed by atoms with Gasteiger partial charge in [0.2, 0.25) is 0 Å². The Hall–Kier alpha value is -2.51. The number of hydrogen-bond donors (Lipinski definition) is 0. The first kappa shape index (κ1) is 18.8. The van der Waals surface area contributed by atoms with Crippen LogP contribution in [0.1, 0.15) is 25.8 Å². The van der Waals surface area contributed by atoms with Crippen molar-refractivity contribution < 1.29 is 22.6 Å². The summed E-state index contributed by atoms with van der Waals surface area (Å²) in [6.07, 6.45) is -3.15. The molecule has 2 rings (SSSR count). The van der Waals surface area contributed by atoms with Crippen molar-refractivity contribution in [3.63, 3.8) is 0 Å². The Balaban J connectivity index is 2.51. The van der Waals surface area contributed by atoms with Crippen molar-refractivity contribution in [2.75, 3.05) is 25.2 Å². The lowest BCUT2D eigenvalue weighted by molar-refractivity contribution is -0.137. The summed E-state index contributed by atoms with van der Waals surface area (Å²) in [5.74, 6) is 0.177. The quantitative estimate of drug-likeness (QED) is 0.734. The topological polar surface area (TPSA) is 47.5 Å². The van der Waals surface area contributed by atoms with Crippen LogP contribution in [0.2, 0.25) is 0 Å². The third-order valence-electron chi connectivity index (χ3n) is 3.33. The minimum absolute atomic E-state index is 0.0920. The fourth-order valence-electron chi connectivity index (χ4n) is 2.20. The van der Waals surface area contributed by atoms with Crippen LogP contribution in [0.15, 0.2) is 30.5 Å². The van der Waals surface area contributed by atoms with Crippen LogP contribution in [0.3, 0.4) is 0 Å². The van der Waals surface area contributed by atoms with E-state index in [0.29, 0.717) is 31.1 Å². The summed E-state index contributed by atoms with van der Waals surface area (Å²) in [6.45, 7) is 4.41. The lowest BCUT2D eigenvalue weighted by Gasteiger charge is -2.24. The number of para-hydroxylation sites is 2. The summed E-state index contributed by atoms with van der Waals surface area (Å²) in [4.78, 5) is 8.97. The molecule has 136 valence electrons. The Morgan fingerprint density at radius 1 is 1.12 bits per heavy atom. The number of rotatable bonds is 7. The fraction of sp³-hybridized carbons (Fsp3) is 0.412. The van der Waals surface area contributed by atoms with Crippen LogP contribution in [0, 0.1) is 0 Å². The van der Waals surface area contributed by atoms with E-state index in [1.54, 1.807) is 31.2 Å². The molecule has 0 saturated carbocycles. The highest BCUT2D eigenvalue weighted by atomic mass is 19.4. The van der Waals surface area contributed by atoms with E-state index in [-0.39, 0.29) is 11.8 Å². The van der Waals surface area contributed by atoms with Gasteiger partial charge in [0.05, 0.1) is 18.9 Å². The molecule has 0 bridgehead atoms. The van der Waals surface area contributed by atoms with E-state index in [2.05, 4.69) is 9.97 Å². The van der Waals surface area contributed by atoms with Crippen molar-refractivity contribution in [2.24, 2.45) is 0 Å². The monoisotopic (exact) mass is 355 g/mol. The first-order valence-corrected chi connectivity index (χ1v) is 7.91. The van der Waals surface area contributed by atoms with Gasteiger partial charge >= 0.3 is 12.2 Å². The molecule has 1 aromatic heterocycles. The maximum Gasteiger partial charge on any atom is 0.421 e. The number of ether oxygens (including phenoxy) is 2. The fourth-order valence-corrected chi connectivity index (χ4v) is 2.20. The molecule has 2 aromatic rings. The summed E-state index contributed by atoms with van der Waals surface area (Å²) < 4.78 is 50.9. The third-order valence-corrected chi connectivity index (χ3v) is 3.33. The van der Waals surface area contributed by atoms with E-state index in [4.69, 9.17) is 9.47 Å². The van der Waals surface area contributed by atoms with Crippen molar-refractivity contribution in [2.45, 2.75) is 26.4 Å². The van der Waals surface area contributed by atoms with Crippen LogP contribution in [-0.2, 0) is 6.18 Å². The second kappa shape index (κ2) is 8.04. The first-order valence-electron chi connectivity index (χ1n) is 7.91. The van der Waals surface area contributed by atoms with Crippen LogP contribution < -0.4 is 14.4 Å². The minimum atomic E-state index is -4.59. The van der Waals surface area contributed by atoms with Crippen molar-refractivity contribution in [1.82, 2.24) is 9.97 Å². The van der Waals surface area contributed by atoms with E-state index in [1.165, 1.54) is 11.9 Å². The van der Waals surface area contributed by atoms with Crippen LogP contribution in [0.5, 0.6) is 11.8 Å². The zero-order valence-corrected chi connectivity index (χ0v) is 14.3. The Morgan fingerprint density at radius 3 is 2.48 bits per heavy atom. The number of nitrogens with zero attached hydrogens (tertiary/aromatic N) is 3. The third kappa shape index (κ3) is 4.52. The molecule has 0 atom stereocenters. The van der Waals surface area contributed by atoms with Gasteiger partial charge in [-0.2, -0.15) is 18.2 Å². The van der Waals surface area contributed by atoms with Gasteiger partial charge in [0.1, 0.15) is 11.3 Å². The van der Waals surface area contributed by atoms with Gasteiger partial charge in [0.25, 0.3) is 0 Å². The number of benzene rings is 1. The van der Waals surface area contributed by atoms with Crippen molar-refractivity contribution >= 4 is 11.5 Å². The number of halogens is 3. The number of aromatic nitrogens is 2. The van der Waals surface area contributed by atoms with E-state index >= 15 is 0 Å². The second-order valence-corrected chi connectivity index (χ2v) is 5.20. The molecule has 0 aliphatic carbocycles. The molecule has 5 nitrogen and oxygen atoms in total. The van der Waals surface area contributed by atoms with E-state index in [1.807, 2.05) is 6.92 Å². The Kier molecular flexibility index (Phi) is 6.06. The molecule has 1 heterocycles. The predicted octanol–water partition coefficient (Wildman–Crippen LogP) is 4.45.